The summed E-state index contributed by atoms with van der Waals surface area (Å²) in [4.78, 5) is 36.3. The zero-order chi connectivity index (χ0) is 28.5. The first-order valence-corrected chi connectivity index (χ1v) is 14.4. The highest BCUT2D eigenvalue weighted by Crippen LogP contribution is 2.62. The molecule has 0 spiro atoms. The molecular weight excluding hydrogens is 528 g/mol. The molecule has 0 aliphatic heterocycles. The van der Waals surface area contributed by atoms with E-state index in [1.165, 1.54) is 11.3 Å². The van der Waals surface area contributed by atoms with Crippen molar-refractivity contribution in [1.29, 1.82) is 0 Å². The van der Waals surface area contributed by atoms with E-state index in [-0.39, 0.29) is 42.1 Å². The molecule has 5 rings (SSSR count). The lowest BCUT2D eigenvalue weighted by atomic mass is 9.47. The fourth-order valence-corrected chi connectivity index (χ4v) is 7.64. The quantitative estimate of drug-likeness (QED) is 0.326. The van der Waals surface area contributed by atoms with E-state index >= 15 is 0 Å². The molecule has 5 atom stereocenters. The third-order valence-electron chi connectivity index (χ3n) is 9.07. The Morgan fingerprint density at radius 2 is 1.98 bits per heavy atom. The van der Waals surface area contributed by atoms with Gasteiger partial charge in [0.25, 0.3) is 5.91 Å². The number of aromatic nitrogens is 2. The molecular formula is C30H36N4O5S. The molecule has 0 bridgehead atoms. The highest BCUT2D eigenvalue weighted by molar-refractivity contribution is 7.15. The molecule has 2 aromatic heterocycles. The maximum atomic E-state index is 13.3. The maximum absolute atomic E-state index is 13.3. The van der Waals surface area contributed by atoms with Crippen molar-refractivity contribution in [2.45, 2.75) is 58.1 Å². The standard InChI is InChI=1S/C30H36N4O5S/c1-29-11-10-24(36)30(2,17-35)23(29)14-22-26(21(29)13-25(37)32-16-18-5-4-12-31-15-18)33-28(40-22)34-27(38)19-6-8-20(39-3)9-7-19/h4-9,12,15,21,23-24,35-36H,10-11,13-14,16-17H2,1-3H3,(H,32,37)(H,33,34,38)/t21-,23+,24-,29+,30+/m1/s1. The first kappa shape index (κ1) is 28.2. The average molecular weight is 565 g/mol. The van der Waals surface area contributed by atoms with Crippen molar-refractivity contribution in [3.8, 4) is 5.75 Å². The summed E-state index contributed by atoms with van der Waals surface area (Å²) in [7, 11) is 1.57. The van der Waals surface area contributed by atoms with Gasteiger partial charge in [0.05, 0.1) is 25.5 Å². The van der Waals surface area contributed by atoms with Crippen LogP contribution in [0.15, 0.2) is 48.8 Å². The van der Waals surface area contributed by atoms with Gasteiger partial charge in [-0.2, -0.15) is 0 Å². The summed E-state index contributed by atoms with van der Waals surface area (Å²) in [6, 6.07) is 10.6. The van der Waals surface area contributed by atoms with Gasteiger partial charge in [-0.1, -0.05) is 19.9 Å². The highest BCUT2D eigenvalue weighted by Gasteiger charge is 2.59. The number of aliphatic hydroxyl groups is 2. The Hall–Kier alpha value is -3.34. The smallest absolute Gasteiger partial charge is 0.257 e. The number of carbonyl (C=O) groups excluding carboxylic acids is 2. The van der Waals surface area contributed by atoms with E-state index < -0.39 is 11.5 Å². The van der Waals surface area contributed by atoms with Crippen molar-refractivity contribution in [2.24, 2.45) is 16.7 Å². The third kappa shape index (κ3) is 5.23. The zero-order valence-corrected chi connectivity index (χ0v) is 23.8. The molecule has 40 heavy (non-hydrogen) atoms. The Balaban J connectivity index is 1.44. The van der Waals surface area contributed by atoms with Crippen LogP contribution in [-0.4, -0.2) is 51.8 Å². The molecule has 0 radical (unpaired) electrons. The van der Waals surface area contributed by atoms with Crippen LogP contribution < -0.4 is 15.4 Å². The molecule has 212 valence electrons. The molecule has 2 amide bonds. The van der Waals surface area contributed by atoms with Crippen molar-refractivity contribution in [1.82, 2.24) is 15.3 Å². The fourth-order valence-electron chi connectivity index (χ4n) is 6.57. The van der Waals surface area contributed by atoms with Crippen LogP contribution in [0.25, 0.3) is 0 Å². The topological polar surface area (TPSA) is 134 Å². The number of methoxy groups -OCH3 is 1. The van der Waals surface area contributed by atoms with E-state index in [2.05, 4.69) is 22.5 Å². The predicted molar refractivity (Wildman–Crippen MR) is 152 cm³/mol. The van der Waals surface area contributed by atoms with Crippen molar-refractivity contribution in [2.75, 3.05) is 19.0 Å². The Kier molecular flexibility index (Phi) is 7.94. The number of aliphatic hydroxyl groups excluding tert-OH is 2. The highest BCUT2D eigenvalue weighted by atomic mass is 32.1. The van der Waals surface area contributed by atoms with Crippen molar-refractivity contribution < 1.29 is 24.5 Å². The number of amides is 2. The molecule has 9 nitrogen and oxygen atoms in total. The van der Waals surface area contributed by atoms with Gasteiger partial charge >= 0.3 is 0 Å². The van der Waals surface area contributed by atoms with Crippen LogP contribution >= 0.6 is 11.3 Å². The second-order valence-electron chi connectivity index (χ2n) is 11.4. The normalized spacial score (nSPS) is 27.3. The number of fused-ring (bicyclic) bond motifs is 2. The summed E-state index contributed by atoms with van der Waals surface area (Å²) in [5.74, 6) is -0.0238. The van der Waals surface area contributed by atoms with Gasteiger partial charge in [-0.25, -0.2) is 4.98 Å². The van der Waals surface area contributed by atoms with Gasteiger partial charge in [0.1, 0.15) is 5.75 Å². The maximum Gasteiger partial charge on any atom is 0.257 e. The minimum absolute atomic E-state index is 0.0667. The van der Waals surface area contributed by atoms with Crippen LogP contribution in [0.1, 0.15) is 65.5 Å². The second kappa shape index (κ2) is 11.3. The van der Waals surface area contributed by atoms with Gasteiger partial charge in [0, 0.05) is 47.1 Å². The van der Waals surface area contributed by atoms with Crippen molar-refractivity contribution >= 4 is 28.3 Å². The number of carbonyl (C=O) groups is 2. The molecule has 2 aliphatic carbocycles. The lowest BCUT2D eigenvalue weighted by Crippen LogP contribution is -2.57. The molecule has 1 fully saturated rings. The lowest BCUT2D eigenvalue weighted by Gasteiger charge is -2.58. The van der Waals surface area contributed by atoms with Crippen LogP contribution in [0.5, 0.6) is 5.75 Å². The summed E-state index contributed by atoms with van der Waals surface area (Å²) in [5, 5.41) is 27.9. The number of thiazole rings is 1. The number of nitrogens with one attached hydrogen (secondary N) is 2. The summed E-state index contributed by atoms with van der Waals surface area (Å²) in [6.07, 6.45) is 4.86. The van der Waals surface area contributed by atoms with Gasteiger partial charge in [-0.3, -0.25) is 19.9 Å². The molecule has 1 saturated carbocycles. The van der Waals surface area contributed by atoms with E-state index in [1.807, 2.05) is 19.1 Å². The van der Waals surface area contributed by atoms with Crippen LogP contribution in [0.2, 0.25) is 0 Å². The average Bonchev–Trinajstić information content (AvgIpc) is 3.37. The molecule has 1 aromatic carbocycles. The summed E-state index contributed by atoms with van der Waals surface area (Å²) >= 11 is 1.40. The molecule has 4 N–H and O–H groups in total. The van der Waals surface area contributed by atoms with Crippen molar-refractivity contribution in [3.05, 3.63) is 70.5 Å². The summed E-state index contributed by atoms with van der Waals surface area (Å²) < 4.78 is 5.18. The van der Waals surface area contributed by atoms with Gasteiger partial charge in [0.2, 0.25) is 5.91 Å². The number of pyridine rings is 1. The second-order valence-corrected chi connectivity index (χ2v) is 12.5. The molecule has 2 aliphatic rings. The first-order valence-electron chi connectivity index (χ1n) is 13.6. The Labute approximate surface area is 238 Å². The number of nitrogens with zero attached hydrogens (tertiary/aromatic N) is 2. The molecule has 0 saturated heterocycles. The van der Waals surface area contributed by atoms with E-state index in [4.69, 9.17) is 9.72 Å². The predicted octanol–water partition coefficient (Wildman–Crippen LogP) is 3.92. The Morgan fingerprint density at radius 3 is 2.65 bits per heavy atom. The van der Waals surface area contributed by atoms with E-state index in [0.717, 1.165) is 16.1 Å². The van der Waals surface area contributed by atoms with E-state index in [0.29, 0.717) is 42.3 Å². The Morgan fingerprint density at radius 1 is 1.20 bits per heavy atom. The zero-order valence-electron chi connectivity index (χ0n) is 23.0. The lowest BCUT2D eigenvalue weighted by molar-refractivity contribution is -0.144. The summed E-state index contributed by atoms with van der Waals surface area (Å²) in [5.41, 5.74) is 1.13. The van der Waals surface area contributed by atoms with Crippen LogP contribution in [0.3, 0.4) is 0 Å². The first-order chi connectivity index (χ1) is 19.2. The minimum Gasteiger partial charge on any atom is -0.497 e. The third-order valence-corrected chi connectivity index (χ3v) is 10.1. The minimum atomic E-state index is -0.717. The van der Waals surface area contributed by atoms with Crippen molar-refractivity contribution in [3.63, 3.8) is 0 Å². The van der Waals surface area contributed by atoms with Gasteiger partial charge < -0.3 is 20.3 Å². The fraction of sp³-hybridized carbons (Fsp3) is 0.467. The molecule has 3 aromatic rings. The summed E-state index contributed by atoms with van der Waals surface area (Å²) in [6.45, 7) is 4.33. The molecule has 0 unspecified atom stereocenters. The Bertz CT molecular complexity index is 1360. The number of anilines is 1. The van der Waals surface area contributed by atoms with Crippen LogP contribution in [0.4, 0.5) is 5.13 Å². The van der Waals surface area contributed by atoms with Gasteiger partial charge in [-0.05, 0) is 66.5 Å². The van der Waals surface area contributed by atoms with E-state index in [1.54, 1.807) is 43.8 Å². The van der Waals surface area contributed by atoms with Gasteiger partial charge in [0.15, 0.2) is 5.13 Å². The number of ether oxygens (including phenoxy) is 1. The van der Waals surface area contributed by atoms with Gasteiger partial charge in [-0.15, -0.1) is 11.3 Å². The van der Waals surface area contributed by atoms with Crippen LogP contribution in [0, 0.1) is 16.7 Å². The molecule has 2 heterocycles. The largest absolute Gasteiger partial charge is 0.497 e. The number of hydrogen-bond acceptors (Lipinski definition) is 8. The van der Waals surface area contributed by atoms with Crippen LogP contribution in [-0.2, 0) is 17.8 Å². The monoisotopic (exact) mass is 564 g/mol. The SMILES string of the molecule is COc1ccc(C(=O)Nc2nc3c(s2)C[C@@H]2[C@](C)(CO)[C@H](O)CC[C@@]2(C)[C@@H]3CC(=O)NCc2cccnc2)cc1. The number of rotatable bonds is 8. The van der Waals surface area contributed by atoms with E-state index in [9.17, 15) is 19.8 Å². The number of hydrogen-bond donors (Lipinski definition) is 4. The number of benzene rings is 1. The molecule has 10 heteroatoms.